The Hall–Kier alpha value is -3.14. The molecule has 0 spiro atoms. The van der Waals surface area contributed by atoms with Crippen molar-refractivity contribution in [2.24, 2.45) is 0 Å². The van der Waals surface area contributed by atoms with Gasteiger partial charge in [0.2, 0.25) is 0 Å². The van der Waals surface area contributed by atoms with Gasteiger partial charge in [0.1, 0.15) is 0 Å². The minimum absolute atomic E-state index is 0.0473. The highest BCUT2D eigenvalue weighted by molar-refractivity contribution is 6.06. The molecule has 26 heavy (non-hydrogen) atoms. The second kappa shape index (κ2) is 7.83. The summed E-state index contributed by atoms with van der Waals surface area (Å²) in [4.78, 5) is 21.2. The highest BCUT2D eigenvalue weighted by Crippen LogP contribution is 2.24. The third-order valence-corrected chi connectivity index (χ3v) is 4.38. The van der Waals surface area contributed by atoms with Crippen LogP contribution in [0, 0.1) is 6.92 Å². The number of hydrogen-bond acceptors (Lipinski definition) is 3. The molecule has 0 atom stereocenters. The van der Waals surface area contributed by atoms with Crippen LogP contribution >= 0.6 is 0 Å². The molecule has 4 nitrogen and oxygen atoms in total. The maximum atomic E-state index is 13.1. The molecule has 0 aliphatic carbocycles. The number of carbonyl (C=O) groups excluding carboxylic acids is 1. The van der Waals surface area contributed by atoms with Crippen molar-refractivity contribution in [3.63, 3.8) is 0 Å². The van der Waals surface area contributed by atoms with Crippen LogP contribution in [-0.2, 0) is 0 Å². The Morgan fingerprint density at radius 3 is 2.35 bits per heavy atom. The zero-order valence-corrected chi connectivity index (χ0v) is 15.4. The first-order valence-electron chi connectivity index (χ1n) is 8.72. The SMILES string of the molecule is CCN(C(=O)c1cncc(N(C)c2ccccc2)c1)c1cccc(C)c1. The second-order valence-corrected chi connectivity index (χ2v) is 6.21. The number of benzene rings is 2. The van der Waals surface area contributed by atoms with Gasteiger partial charge in [0, 0.05) is 31.2 Å². The predicted octanol–water partition coefficient (Wildman–Crippen LogP) is 4.82. The molecule has 1 amide bonds. The Balaban J connectivity index is 1.90. The molecule has 0 N–H and O–H groups in total. The highest BCUT2D eigenvalue weighted by Gasteiger charge is 2.18. The molecule has 0 radical (unpaired) electrons. The maximum Gasteiger partial charge on any atom is 0.259 e. The molecule has 2 aromatic carbocycles. The van der Waals surface area contributed by atoms with Crippen LogP contribution < -0.4 is 9.80 Å². The summed E-state index contributed by atoms with van der Waals surface area (Å²) in [7, 11) is 1.97. The van der Waals surface area contributed by atoms with Crippen LogP contribution in [0.25, 0.3) is 0 Å². The fourth-order valence-corrected chi connectivity index (χ4v) is 2.92. The summed E-state index contributed by atoms with van der Waals surface area (Å²) >= 11 is 0. The van der Waals surface area contributed by atoms with Gasteiger partial charge in [0.15, 0.2) is 0 Å². The molecule has 0 unspecified atom stereocenters. The summed E-state index contributed by atoms with van der Waals surface area (Å²) in [5.41, 5.74) is 4.53. The van der Waals surface area contributed by atoms with E-state index in [0.29, 0.717) is 12.1 Å². The monoisotopic (exact) mass is 345 g/mol. The number of anilines is 3. The van der Waals surface area contributed by atoms with E-state index in [0.717, 1.165) is 22.6 Å². The van der Waals surface area contributed by atoms with E-state index in [9.17, 15) is 4.79 Å². The lowest BCUT2D eigenvalue weighted by atomic mass is 10.1. The molecule has 1 heterocycles. The fourth-order valence-electron chi connectivity index (χ4n) is 2.92. The van der Waals surface area contributed by atoms with E-state index in [1.165, 1.54) is 0 Å². The van der Waals surface area contributed by atoms with Gasteiger partial charge in [-0.25, -0.2) is 0 Å². The lowest BCUT2D eigenvalue weighted by Gasteiger charge is -2.23. The van der Waals surface area contributed by atoms with Crippen molar-refractivity contribution < 1.29 is 4.79 Å². The maximum absolute atomic E-state index is 13.1. The Morgan fingerprint density at radius 2 is 1.65 bits per heavy atom. The Labute approximate surface area is 154 Å². The largest absolute Gasteiger partial charge is 0.343 e. The molecule has 3 rings (SSSR count). The van der Waals surface area contributed by atoms with E-state index in [1.807, 2.05) is 86.5 Å². The molecule has 1 aromatic heterocycles. The smallest absolute Gasteiger partial charge is 0.259 e. The van der Waals surface area contributed by atoms with Crippen LogP contribution in [0.5, 0.6) is 0 Å². The third-order valence-electron chi connectivity index (χ3n) is 4.38. The number of rotatable bonds is 5. The summed E-state index contributed by atoms with van der Waals surface area (Å²) in [6.07, 6.45) is 3.40. The quantitative estimate of drug-likeness (QED) is 0.665. The zero-order valence-electron chi connectivity index (χ0n) is 15.4. The summed E-state index contributed by atoms with van der Waals surface area (Å²) in [5.74, 6) is -0.0473. The molecule has 132 valence electrons. The van der Waals surface area contributed by atoms with Crippen LogP contribution in [0.15, 0.2) is 73.1 Å². The number of amides is 1. The summed E-state index contributed by atoms with van der Waals surface area (Å²) in [5, 5.41) is 0. The summed E-state index contributed by atoms with van der Waals surface area (Å²) < 4.78 is 0. The number of nitrogens with zero attached hydrogens (tertiary/aromatic N) is 3. The number of pyridine rings is 1. The molecular formula is C22H23N3O. The molecule has 0 saturated carbocycles. The molecule has 0 fully saturated rings. The molecule has 0 aliphatic rings. The third kappa shape index (κ3) is 3.75. The van der Waals surface area contributed by atoms with Gasteiger partial charge in [-0.05, 0) is 49.7 Å². The Kier molecular flexibility index (Phi) is 5.32. The number of aryl methyl sites for hydroxylation is 1. The van der Waals surface area contributed by atoms with Crippen molar-refractivity contribution in [2.45, 2.75) is 13.8 Å². The van der Waals surface area contributed by atoms with Crippen molar-refractivity contribution in [2.75, 3.05) is 23.4 Å². The first kappa shape index (κ1) is 17.7. The van der Waals surface area contributed by atoms with Crippen LogP contribution in [0.3, 0.4) is 0 Å². The first-order chi connectivity index (χ1) is 12.6. The molecule has 0 bridgehead atoms. The average molecular weight is 345 g/mol. The van der Waals surface area contributed by atoms with Crippen LogP contribution in [0.2, 0.25) is 0 Å². The standard InChI is InChI=1S/C22H23N3O/c1-4-25(20-12-8-9-17(2)13-20)22(26)18-14-21(16-23-15-18)24(3)19-10-6-5-7-11-19/h5-16H,4H2,1-3H3. The van der Waals surface area contributed by atoms with E-state index in [4.69, 9.17) is 0 Å². The van der Waals surface area contributed by atoms with E-state index in [1.54, 1.807) is 17.3 Å². The molecule has 4 heteroatoms. The van der Waals surface area contributed by atoms with Gasteiger partial charge < -0.3 is 9.80 Å². The molecule has 0 aliphatic heterocycles. The van der Waals surface area contributed by atoms with Gasteiger partial charge in [-0.2, -0.15) is 0 Å². The van der Waals surface area contributed by atoms with Crippen molar-refractivity contribution in [3.8, 4) is 0 Å². The number of aromatic nitrogens is 1. The lowest BCUT2D eigenvalue weighted by Crippen LogP contribution is -2.30. The van der Waals surface area contributed by atoms with Gasteiger partial charge in [-0.3, -0.25) is 9.78 Å². The average Bonchev–Trinajstić information content (AvgIpc) is 2.69. The van der Waals surface area contributed by atoms with Crippen molar-refractivity contribution >= 4 is 23.0 Å². The van der Waals surface area contributed by atoms with Gasteiger partial charge in [-0.1, -0.05) is 30.3 Å². The molecular weight excluding hydrogens is 322 g/mol. The van der Waals surface area contributed by atoms with Gasteiger partial charge in [0.25, 0.3) is 5.91 Å². The number of carbonyl (C=O) groups is 1. The van der Waals surface area contributed by atoms with E-state index < -0.39 is 0 Å². The van der Waals surface area contributed by atoms with E-state index >= 15 is 0 Å². The fraction of sp³-hybridized carbons (Fsp3) is 0.182. The van der Waals surface area contributed by atoms with Crippen LogP contribution in [0.1, 0.15) is 22.8 Å². The van der Waals surface area contributed by atoms with E-state index in [-0.39, 0.29) is 5.91 Å². The minimum atomic E-state index is -0.0473. The Bertz CT molecular complexity index is 893. The lowest BCUT2D eigenvalue weighted by molar-refractivity contribution is 0.0988. The topological polar surface area (TPSA) is 36.4 Å². The summed E-state index contributed by atoms with van der Waals surface area (Å²) in [6.45, 7) is 4.60. The normalized spacial score (nSPS) is 10.4. The van der Waals surface area contributed by atoms with Crippen LogP contribution in [-0.4, -0.2) is 24.5 Å². The van der Waals surface area contributed by atoms with Crippen molar-refractivity contribution in [1.82, 2.24) is 4.98 Å². The number of para-hydroxylation sites is 1. The van der Waals surface area contributed by atoms with Crippen LogP contribution in [0.4, 0.5) is 17.1 Å². The van der Waals surface area contributed by atoms with Crippen molar-refractivity contribution in [1.29, 1.82) is 0 Å². The first-order valence-corrected chi connectivity index (χ1v) is 8.72. The Morgan fingerprint density at radius 1 is 0.923 bits per heavy atom. The zero-order chi connectivity index (χ0) is 18.5. The minimum Gasteiger partial charge on any atom is -0.343 e. The van der Waals surface area contributed by atoms with Crippen molar-refractivity contribution in [3.05, 3.63) is 84.2 Å². The molecule has 3 aromatic rings. The van der Waals surface area contributed by atoms with Gasteiger partial charge in [-0.15, -0.1) is 0 Å². The predicted molar refractivity (Wildman–Crippen MR) is 107 cm³/mol. The summed E-state index contributed by atoms with van der Waals surface area (Å²) in [6, 6.07) is 19.9. The number of hydrogen-bond donors (Lipinski definition) is 0. The van der Waals surface area contributed by atoms with Gasteiger partial charge >= 0.3 is 0 Å². The van der Waals surface area contributed by atoms with Gasteiger partial charge in [0.05, 0.1) is 17.4 Å². The highest BCUT2D eigenvalue weighted by atomic mass is 16.2. The second-order valence-electron chi connectivity index (χ2n) is 6.21. The molecule has 0 saturated heterocycles. The van der Waals surface area contributed by atoms with E-state index in [2.05, 4.69) is 4.98 Å².